The molecule has 1 aromatic carbocycles. The normalized spacial score (nSPS) is 16.1. The highest BCUT2D eigenvalue weighted by Crippen LogP contribution is 2.19. The van der Waals surface area contributed by atoms with E-state index in [0.717, 1.165) is 39.3 Å². The largest absolute Gasteiger partial charge is 0.508 e. The van der Waals surface area contributed by atoms with E-state index in [2.05, 4.69) is 10.2 Å². The zero-order valence-electron chi connectivity index (χ0n) is 11.9. The first kappa shape index (κ1) is 14.8. The lowest BCUT2D eigenvalue weighted by Crippen LogP contribution is -2.38. The molecule has 0 aliphatic carbocycles. The average molecular weight is 278 g/mol. The highest BCUT2D eigenvalue weighted by atomic mass is 16.5. The molecule has 1 aliphatic heterocycles. The molecule has 1 aromatic rings. The van der Waals surface area contributed by atoms with Crippen LogP contribution in [-0.2, 0) is 4.74 Å². The van der Waals surface area contributed by atoms with Gasteiger partial charge in [0, 0.05) is 30.8 Å². The number of nitrogens with zero attached hydrogens (tertiary/aromatic N) is 1. The molecule has 5 heteroatoms. The van der Waals surface area contributed by atoms with Gasteiger partial charge >= 0.3 is 0 Å². The molecular weight excluding hydrogens is 256 g/mol. The number of phenolic OH excluding ortho intramolecular Hbond substituents is 1. The van der Waals surface area contributed by atoms with Crippen molar-refractivity contribution in [2.45, 2.75) is 13.3 Å². The molecule has 1 fully saturated rings. The maximum Gasteiger partial charge on any atom is 0.251 e. The van der Waals surface area contributed by atoms with Crippen LogP contribution in [0.25, 0.3) is 0 Å². The lowest BCUT2D eigenvalue weighted by Gasteiger charge is -2.26. The number of benzene rings is 1. The molecule has 0 atom stereocenters. The number of hydrogen-bond donors (Lipinski definition) is 2. The highest BCUT2D eigenvalue weighted by molar-refractivity contribution is 5.96. The Morgan fingerprint density at radius 2 is 2.15 bits per heavy atom. The van der Waals surface area contributed by atoms with Gasteiger partial charge in [0.05, 0.1) is 13.2 Å². The third kappa shape index (κ3) is 3.95. The summed E-state index contributed by atoms with van der Waals surface area (Å²) in [7, 11) is 0. The molecule has 0 saturated carbocycles. The molecule has 110 valence electrons. The molecule has 5 nitrogen and oxygen atoms in total. The number of carbonyl (C=O) groups excluding carboxylic acids is 1. The summed E-state index contributed by atoms with van der Waals surface area (Å²) >= 11 is 0. The number of rotatable bonds is 5. The Hall–Kier alpha value is -1.59. The number of amides is 1. The van der Waals surface area contributed by atoms with Crippen LogP contribution in [0, 0.1) is 6.92 Å². The average Bonchev–Trinajstić information content (AvgIpc) is 2.47. The van der Waals surface area contributed by atoms with Gasteiger partial charge < -0.3 is 15.2 Å². The van der Waals surface area contributed by atoms with Crippen molar-refractivity contribution in [2.24, 2.45) is 0 Å². The standard InChI is InChI=1S/C15H22N2O3/c1-12-13(4-2-5-14(12)18)15(19)16-6-3-7-17-8-10-20-11-9-17/h2,4-5,18H,3,6-11H2,1H3,(H,16,19). The molecule has 1 amide bonds. The topological polar surface area (TPSA) is 61.8 Å². The van der Waals surface area contributed by atoms with Crippen LogP contribution < -0.4 is 5.32 Å². The third-order valence-corrected chi connectivity index (χ3v) is 3.59. The Bertz CT molecular complexity index is 456. The number of hydrogen-bond acceptors (Lipinski definition) is 4. The van der Waals surface area contributed by atoms with Crippen LogP contribution in [0.1, 0.15) is 22.3 Å². The molecule has 2 N–H and O–H groups in total. The smallest absolute Gasteiger partial charge is 0.251 e. The molecule has 20 heavy (non-hydrogen) atoms. The molecule has 0 aromatic heterocycles. The van der Waals surface area contributed by atoms with Crippen molar-refractivity contribution in [3.05, 3.63) is 29.3 Å². The number of morpholine rings is 1. The van der Waals surface area contributed by atoms with E-state index in [4.69, 9.17) is 4.74 Å². The van der Waals surface area contributed by atoms with Gasteiger partial charge in [0.15, 0.2) is 0 Å². The molecule has 1 saturated heterocycles. The van der Waals surface area contributed by atoms with E-state index in [1.54, 1.807) is 25.1 Å². The van der Waals surface area contributed by atoms with Gasteiger partial charge in [-0.05, 0) is 32.0 Å². The lowest BCUT2D eigenvalue weighted by atomic mass is 10.1. The second kappa shape index (κ2) is 7.26. The molecule has 2 rings (SSSR count). The zero-order chi connectivity index (χ0) is 14.4. The molecule has 1 heterocycles. The summed E-state index contributed by atoms with van der Waals surface area (Å²) in [6, 6.07) is 5.00. The van der Waals surface area contributed by atoms with Gasteiger partial charge in [-0.25, -0.2) is 0 Å². The van der Waals surface area contributed by atoms with Gasteiger partial charge in [0.25, 0.3) is 5.91 Å². The molecule has 0 spiro atoms. The van der Waals surface area contributed by atoms with E-state index in [9.17, 15) is 9.90 Å². The Morgan fingerprint density at radius 3 is 2.90 bits per heavy atom. The fourth-order valence-electron chi connectivity index (χ4n) is 2.29. The summed E-state index contributed by atoms with van der Waals surface area (Å²) in [4.78, 5) is 14.4. The van der Waals surface area contributed by atoms with Gasteiger partial charge in [-0.15, -0.1) is 0 Å². The van der Waals surface area contributed by atoms with Crippen LogP contribution in [0.15, 0.2) is 18.2 Å². The van der Waals surface area contributed by atoms with Gasteiger partial charge in [0.2, 0.25) is 0 Å². The van der Waals surface area contributed by atoms with Gasteiger partial charge in [-0.2, -0.15) is 0 Å². The van der Waals surface area contributed by atoms with Crippen molar-refractivity contribution in [1.29, 1.82) is 0 Å². The van der Waals surface area contributed by atoms with Crippen molar-refractivity contribution < 1.29 is 14.6 Å². The fourth-order valence-corrected chi connectivity index (χ4v) is 2.29. The van der Waals surface area contributed by atoms with Gasteiger partial charge in [0.1, 0.15) is 5.75 Å². The third-order valence-electron chi connectivity index (χ3n) is 3.59. The monoisotopic (exact) mass is 278 g/mol. The predicted octanol–water partition coefficient (Wildman–Crippen LogP) is 1.15. The molecular formula is C15H22N2O3. The Morgan fingerprint density at radius 1 is 1.40 bits per heavy atom. The highest BCUT2D eigenvalue weighted by Gasteiger charge is 2.12. The van der Waals surface area contributed by atoms with Crippen LogP contribution in [-0.4, -0.2) is 55.3 Å². The second-order valence-electron chi connectivity index (χ2n) is 5.01. The second-order valence-corrected chi connectivity index (χ2v) is 5.01. The Kier molecular flexibility index (Phi) is 5.38. The maximum atomic E-state index is 12.0. The molecule has 0 radical (unpaired) electrons. The fraction of sp³-hybridized carbons (Fsp3) is 0.533. The SMILES string of the molecule is Cc1c(O)cccc1C(=O)NCCCN1CCOCC1. The van der Waals surface area contributed by atoms with Crippen LogP contribution in [0.5, 0.6) is 5.75 Å². The van der Waals surface area contributed by atoms with Gasteiger partial charge in [-0.1, -0.05) is 6.07 Å². The summed E-state index contributed by atoms with van der Waals surface area (Å²) in [6.45, 7) is 6.91. The van der Waals surface area contributed by atoms with E-state index >= 15 is 0 Å². The van der Waals surface area contributed by atoms with Crippen LogP contribution in [0.2, 0.25) is 0 Å². The van der Waals surface area contributed by atoms with E-state index in [1.807, 2.05) is 0 Å². The predicted molar refractivity (Wildman–Crippen MR) is 77.1 cm³/mol. The van der Waals surface area contributed by atoms with Crippen LogP contribution in [0.3, 0.4) is 0 Å². The van der Waals surface area contributed by atoms with Crippen LogP contribution >= 0.6 is 0 Å². The van der Waals surface area contributed by atoms with Gasteiger partial charge in [-0.3, -0.25) is 9.69 Å². The molecule has 1 aliphatic rings. The minimum absolute atomic E-state index is 0.125. The molecule has 0 bridgehead atoms. The Balaban J connectivity index is 1.73. The quantitative estimate of drug-likeness (QED) is 0.793. The summed E-state index contributed by atoms with van der Waals surface area (Å²) in [6.07, 6.45) is 0.920. The van der Waals surface area contributed by atoms with Crippen LogP contribution in [0.4, 0.5) is 0 Å². The summed E-state index contributed by atoms with van der Waals surface area (Å²) in [5.41, 5.74) is 1.16. The van der Waals surface area contributed by atoms with Crippen molar-refractivity contribution in [3.8, 4) is 5.75 Å². The van der Waals surface area contributed by atoms with Crippen molar-refractivity contribution >= 4 is 5.91 Å². The van der Waals surface area contributed by atoms with E-state index in [1.165, 1.54) is 0 Å². The van der Waals surface area contributed by atoms with E-state index in [-0.39, 0.29) is 11.7 Å². The van der Waals surface area contributed by atoms with Crippen molar-refractivity contribution in [1.82, 2.24) is 10.2 Å². The first-order chi connectivity index (χ1) is 9.68. The van der Waals surface area contributed by atoms with Crippen molar-refractivity contribution in [2.75, 3.05) is 39.4 Å². The minimum Gasteiger partial charge on any atom is -0.508 e. The maximum absolute atomic E-state index is 12.0. The minimum atomic E-state index is -0.125. The number of carbonyl (C=O) groups is 1. The molecule has 0 unspecified atom stereocenters. The number of ether oxygens (including phenoxy) is 1. The zero-order valence-corrected chi connectivity index (χ0v) is 11.9. The summed E-state index contributed by atoms with van der Waals surface area (Å²) in [5, 5.41) is 12.5. The first-order valence-corrected chi connectivity index (χ1v) is 7.05. The lowest BCUT2D eigenvalue weighted by molar-refractivity contribution is 0.0374. The number of aromatic hydroxyl groups is 1. The number of phenols is 1. The van der Waals surface area contributed by atoms with E-state index < -0.39 is 0 Å². The summed E-state index contributed by atoms with van der Waals surface area (Å²) in [5.74, 6) is 0.0337. The van der Waals surface area contributed by atoms with Crippen molar-refractivity contribution in [3.63, 3.8) is 0 Å². The Labute approximate surface area is 119 Å². The van der Waals surface area contributed by atoms with E-state index in [0.29, 0.717) is 17.7 Å². The number of nitrogens with one attached hydrogen (secondary N) is 1. The first-order valence-electron chi connectivity index (χ1n) is 7.05. The summed E-state index contributed by atoms with van der Waals surface area (Å²) < 4.78 is 5.29.